The second-order valence-corrected chi connectivity index (χ2v) is 14.8. The van der Waals surface area contributed by atoms with E-state index in [4.69, 9.17) is 19.4 Å². The Morgan fingerprint density at radius 1 is 0.345 bits per heavy atom. The first-order valence-corrected chi connectivity index (χ1v) is 19.5. The summed E-state index contributed by atoms with van der Waals surface area (Å²) >= 11 is 0. The molecule has 5 nitrogen and oxygen atoms in total. The maximum absolute atomic E-state index is 7.05. The van der Waals surface area contributed by atoms with Gasteiger partial charge in [-0.2, -0.15) is 0 Å². The van der Waals surface area contributed by atoms with Gasteiger partial charge in [0.1, 0.15) is 5.58 Å². The summed E-state index contributed by atoms with van der Waals surface area (Å²) in [5, 5.41) is 9.39. The molecule has 0 aliphatic rings. The van der Waals surface area contributed by atoms with E-state index >= 15 is 0 Å². The maximum atomic E-state index is 7.05. The van der Waals surface area contributed by atoms with Crippen molar-refractivity contribution < 1.29 is 4.42 Å². The monoisotopic (exact) mass is 740 g/mol. The highest BCUT2D eigenvalue weighted by atomic mass is 16.3. The van der Waals surface area contributed by atoms with Crippen molar-refractivity contribution in [3.63, 3.8) is 0 Å². The molecule has 0 unspecified atom stereocenters. The Morgan fingerprint density at radius 3 is 1.66 bits per heavy atom. The number of benzene rings is 9. The lowest BCUT2D eigenvalue weighted by atomic mass is 9.99. The van der Waals surface area contributed by atoms with Gasteiger partial charge < -0.3 is 8.98 Å². The number of aromatic nitrogens is 4. The second kappa shape index (κ2) is 12.8. The van der Waals surface area contributed by atoms with E-state index in [1.165, 1.54) is 32.3 Å². The fraction of sp³-hybridized carbons (Fsp3) is 0. The number of nitrogens with zero attached hydrogens (tertiary/aromatic N) is 4. The van der Waals surface area contributed by atoms with Gasteiger partial charge in [0.2, 0.25) is 0 Å². The van der Waals surface area contributed by atoms with Gasteiger partial charge in [-0.1, -0.05) is 152 Å². The Labute approximate surface area is 333 Å². The van der Waals surface area contributed by atoms with E-state index in [9.17, 15) is 0 Å². The lowest BCUT2D eigenvalue weighted by Gasteiger charge is -2.11. The molecular weight excluding hydrogens is 709 g/mol. The van der Waals surface area contributed by atoms with Crippen LogP contribution in [0.3, 0.4) is 0 Å². The first-order chi connectivity index (χ1) is 28.7. The molecule has 0 saturated heterocycles. The zero-order valence-electron chi connectivity index (χ0n) is 31.2. The van der Waals surface area contributed by atoms with Crippen LogP contribution in [0.25, 0.3) is 116 Å². The van der Waals surface area contributed by atoms with Crippen LogP contribution >= 0.6 is 0 Å². The SMILES string of the molecule is c1ccc(-c2nc(-c3ccccc3)nc(-c3cccc(-c4ccc5c(c4)oc4c(-n6c7ccccc7c7cc8ccccc8cc76)cc6ccccc6c45)c3)n2)cc1. The third-order valence-electron chi connectivity index (χ3n) is 11.4. The molecule has 0 atom stereocenters. The zero-order valence-corrected chi connectivity index (χ0v) is 31.2. The summed E-state index contributed by atoms with van der Waals surface area (Å²) in [5.74, 6) is 1.89. The van der Waals surface area contributed by atoms with Crippen LogP contribution in [0.5, 0.6) is 0 Å². The molecule has 0 fully saturated rings. The molecule has 5 heteroatoms. The standard InChI is InChI=1S/C53H32N4O/c1-3-14-33(15-4-1)51-54-52(34-16-5-2-6-17-34)56-53(55-51)40-22-13-21-35(28-40)38-26-27-43-48(32-38)58-50-47(31-39-20-9-10-23-41(39)49(43)50)57-45-25-12-11-24-42(45)44-29-36-18-7-8-19-37(36)30-46(44)57/h1-32H. The lowest BCUT2D eigenvalue weighted by molar-refractivity contribution is 0.667. The Bertz CT molecular complexity index is 3510. The normalized spacial score (nSPS) is 11.8. The first kappa shape index (κ1) is 32.4. The van der Waals surface area contributed by atoms with E-state index in [1.54, 1.807) is 0 Å². The zero-order chi connectivity index (χ0) is 38.2. The van der Waals surface area contributed by atoms with Crippen molar-refractivity contribution in [3.8, 4) is 51.0 Å². The number of para-hydroxylation sites is 1. The maximum Gasteiger partial charge on any atom is 0.164 e. The average molecular weight is 741 g/mol. The van der Waals surface area contributed by atoms with Crippen molar-refractivity contribution >= 4 is 65.3 Å². The van der Waals surface area contributed by atoms with Gasteiger partial charge >= 0.3 is 0 Å². The van der Waals surface area contributed by atoms with Crippen LogP contribution < -0.4 is 0 Å². The number of rotatable bonds is 5. The van der Waals surface area contributed by atoms with Gasteiger partial charge in [-0.05, 0) is 75.1 Å². The first-order valence-electron chi connectivity index (χ1n) is 19.5. The van der Waals surface area contributed by atoms with E-state index in [2.05, 4.69) is 138 Å². The largest absolute Gasteiger partial charge is 0.454 e. The molecule has 0 aliphatic heterocycles. The summed E-state index contributed by atoms with van der Waals surface area (Å²) in [5.41, 5.74) is 9.89. The van der Waals surface area contributed by atoms with Crippen molar-refractivity contribution in [2.45, 2.75) is 0 Å². The Morgan fingerprint density at radius 2 is 0.914 bits per heavy atom. The fourth-order valence-electron chi connectivity index (χ4n) is 8.64. The third-order valence-corrected chi connectivity index (χ3v) is 11.4. The number of hydrogen-bond acceptors (Lipinski definition) is 4. The van der Waals surface area contributed by atoms with Crippen LogP contribution in [0.1, 0.15) is 0 Å². The van der Waals surface area contributed by atoms with Gasteiger partial charge in [0, 0.05) is 38.2 Å². The van der Waals surface area contributed by atoms with Crippen molar-refractivity contribution in [2.75, 3.05) is 0 Å². The smallest absolute Gasteiger partial charge is 0.164 e. The van der Waals surface area contributed by atoms with E-state index in [1.807, 2.05) is 60.7 Å². The molecule has 12 rings (SSSR count). The molecule has 0 spiro atoms. The van der Waals surface area contributed by atoms with Gasteiger partial charge in [-0.3, -0.25) is 0 Å². The summed E-state index contributed by atoms with van der Waals surface area (Å²) in [6.45, 7) is 0. The quantitative estimate of drug-likeness (QED) is 0.176. The summed E-state index contributed by atoms with van der Waals surface area (Å²) in [6, 6.07) is 68.0. The second-order valence-electron chi connectivity index (χ2n) is 14.8. The molecule has 0 bridgehead atoms. The molecule has 12 aromatic rings. The Kier molecular flexibility index (Phi) is 7.16. The third kappa shape index (κ3) is 5.14. The van der Waals surface area contributed by atoms with Crippen molar-refractivity contribution in [1.29, 1.82) is 0 Å². The highest BCUT2D eigenvalue weighted by Gasteiger charge is 2.21. The van der Waals surface area contributed by atoms with Gasteiger partial charge in [0.05, 0.1) is 16.7 Å². The molecule has 3 aromatic heterocycles. The molecule has 0 amide bonds. The van der Waals surface area contributed by atoms with Gasteiger partial charge in [-0.15, -0.1) is 0 Å². The highest BCUT2D eigenvalue weighted by molar-refractivity contribution is 6.23. The van der Waals surface area contributed by atoms with Crippen LogP contribution in [0.2, 0.25) is 0 Å². The molecule has 0 aliphatic carbocycles. The van der Waals surface area contributed by atoms with Crippen LogP contribution in [0.15, 0.2) is 199 Å². The minimum Gasteiger partial charge on any atom is -0.454 e. The lowest BCUT2D eigenvalue weighted by Crippen LogP contribution is -2.00. The number of fused-ring (bicyclic) bond motifs is 9. The number of furan rings is 1. The van der Waals surface area contributed by atoms with Crippen LogP contribution in [0, 0.1) is 0 Å². The fourth-order valence-corrected chi connectivity index (χ4v) is 8.64. The predicted octanol–water partition coefficient (Wildman–Crippen LogP) is 13.8. The number of hydrogen-bond donors (Lipinski definition) is 0. The van der Waals surface area contributed by atoms with Crippen LogP contribution in [-0.2, 0) is 0 Å². The highest BCUT2D eigenvalue weighted by Crippen LogP contribution is 2.43. The molecule has 270 valence electrons. The molecule has 0 N–H and O–H groups in total. The predicted molar refractivity (Wildman–Crippen MR) is 238 cm³/mol. The van der Waals surface area contributed by atoms with Crippen LogP contribution in [-0.4, -0.2) is 19.5 Å². The van der Waals surface area contributed by atoms with Gasteiger partial charge in [-0.25, -0.2) is 15.0 Å². The molecule has 58 heavy (non-hydrogen) atoms. The van der Waals surface area contributed by atoms with Gasteiger partial charge in [0.25, 0.3) is 0 Å². The summed E-state index contributed by atoms with van der Waals surface area (Å²) in [6.07, 6.45) is 0. The van der Waals surface area contributed by atoms with Crippen molar-refractivity contribution in [1.82, 2.24) is 19.5 Å². The topological polar surface area (TPSA) is 56.7 Å². The molecular formula is C53H32N4O. The van der Waals surface area contributed by atoms with E-state index in [-0.39, 0.29) is 0 Å². The van der Waals surface area contributed by atoms with Crippen LogP contribution in [0.4, 0.5) is 0 Å². The van der Waals surface area contributed by atoms with E-state index in [0.29, 0.717) is 17.5 Å². The molecule has 9 aromatic carbocycles. The van der Waals surface area contributed by atoms with Crippen molar-refractivity contribution in [3.05, 3.63) is 194 Å². The van der Waals surface area contributed by atoms with Crippen molar-refractivity contribution in [2.24, 2.45) is 0 Å². The van der Waals surface area contributed by atoms with E-state index < -0.39 is 0 Å². The summed E-state index contributed by atoms with van der Waals surface area (Å²) in [7, 11) is 0. The Hall–Kier alpha value is -7.89. The van der Waals surface area contributed by atoms with E-state index in [0.717, 1.165) is 66.5 Å². The van der Waals surface area contributed by atoms with Gasteiger partial charge in [0.15, 0.2) is 23.1 Å². The average Bonchev–Trinajstić information content (AvgIpc) is 3.84. The summed E-state index contributed by atoms with van der Waals surface area (Å²) < 4.78 is 9.44. The molecule has 3 heterocycles. The summed E-state index contributed by atoms with van der Waals surface area (Å²) in [4.78, 5) is 14.9. The minimum absolute atomic E-state index is 0.620. The Balaban J connectivity index is 1.04. The molecule has 0 saturated carbocycles. The minimum atomic E-state index is 0.620. The molecule has 0 radical (unpaired) electrons.